The first-order chi connectivity index (χ1) is 9.69. The minimum Gasteiger partial charge on any atom is -0.383 e. The third-order valence-corrected chi connectivity index (χ3v) is 3.32. The maximum atomic E-state index is 5.28. The van der Waals surface area contributed by atoms with Crippen LogP contribution in [-0.2, 0) is 11.2 Å². The number of nitrogens with zero attached hydrogens (tertiary/aromatic N) is 3. The number of ether oxygens (including phenoxy) is 1. The summed E-state index contributed by atoms with van der Waals surface area (Å²) in [5.41, 5.74) is 1.21. The van der Waals surface area contributed by atoms with Crippen molar-refractivity contribution >= 4 is 11.6 Å². The third kappa shape index (κ3) is 4.07. The van der Waals surface area contributed by atoms with Gasteiger partial charge in [0.15, 0.2) is 0 Å². The maximum absolute atomic E-state index is 5.28. The van der Waals surface area contributed by atoms with Gasteiger partial charge in [-0.15, -0.1) is 0 Å². The van der Waals surface area contributed by atoms with Gasteiger partial charge in [0.05, 0.1) is 12.6 Å². The molecule has 1 heterocycles. The van der Waals surface area contributed by atoms with E-state index in [0.717, 1.165) is 37.6 Å². The number of aromatic nitrogens is 2. The Kier molecular flexibility index (Phi) is 7.30. The molecule has 1 rings (SSSR count). The second-order valence-corrected chi connectivity index (χ2v) is 4.90. The summed E-state index contributed by atoms with van der Waals surface area (Å²) in [6, 6.07) is 0.296. The lowest BCUT2D eigenvalue weighted by Gasteiger charge is -2.30. The van der Waals surface area contributed by atoms with E-state index in [4.69, 9.17) is 4.74 Å². The van der Waals surface area contributed by atoms with Gasteiger partial charge in [-0.3, -0.25) is 0 Å². The van der Waals surface area contributed by atoms with Crippen molar-refractivity contribution in [2.24, 2.45) is 0 Å². The van der Waals surface area contributed by atoms with E-state index in [0.29, 0.717) is 12.6 Å². The smallest absolute Gasteiger partial charge is 0.137 e. The fourth-order valence-electron chi connectivity index (χ4n) is 2.45. The summed E-state index contributed by atoms with van der Waals surface area (Å²) in [4.78, 5) is 11.2. The van der Waals surface area contributed by atoms with E-state index in [2.05, 4.69) is 47.9 Å². The SMILES string of the molecule is CCCc1c(NCC)ncnc1N(CC)C(C)COC. The van der Waals surface area contributed by atoms with Crippen molar-refractivity contribution in [3.05, 3.63) is 11.9 Å². The van der Waals surface area contributed by atoms with Crippen LogP contribution in [-0.4, -0.2) is 42.8 Å². The Labute approximate surface area is 122 Å². The van der Waals surface area contributed by atoms with Crippen LogP contribution in [0.4, 0.5) is 11.6 Å². The first-order valence-corrected chi connectivity index (χ1v) is 7.52. The van der Waals surface area contributed by atoms with Crippen LogP contribution in [0.5, 0.6) is 0 Å². The van der Waals surface area contributed by atoms with Crippen LogP contribution in [0.1, 0.15) is 39.7 Å². The van der Waals surface area contributed by atoms with Gasteiger partial charge in [-0.1, -0.05) is 13.3 Å². The minimum atomic E-state index is 0.296. The summed E-state index contributed by atoms with van der Waals surface area (Å²) in [5, 5.41) is 3.34. The molecule has 0 saturated carbocycles. The molecule has 5 heteroatoms. The van der Waals surface area contributed by atoms with Gasteiger partial charge in [0.1, 0.15) is 18.0 Å². The highest BCUT2D eigenvalue weighted by molar-refractivity contribution is 5.59. The molecule has 0 amide bonds. The van der Waals surface area contributed by atoms with E-state index >= 15 is 0 Å². The molecular formula is C15H28N4O. The average molecular weight is 280 g/mol. The van der Waals surface area contributed by atoms with E-state index in [9.17, 15) is 0 Å². The second kappa shape index (κ2) is 8.74. The van der Waals surface area contributed by atoms with Gasteiger partial charge < -0.3 is 15.0 Å². The average Bonchev–Trinajstić information content (AvgIpc) is 2.43. The van der Waals surface area contributed by atoms with Crippen molar-refractivity contribution in [1.82, 2.24) is 9.97 Å². The van der Waals surface area contributed by atoms with Crippen molar-refractivity contribution in [2.45, 2.75) is 46.6 Å². The van der Waals surface area contributed by atoms with Crippen LogP contribution in [0.25, 0.3) is 0 Å². The van der Waals surface area contributed by atoms with E-state index in [1.807, 2.05) is 0 Å². The van der Waals surface area contributed by atoms with Crippen molar-refractivity contribution in [3.8, 4) is 0 Å². The van der Waals surface area contributed by atoms with Crippen molar-refractivity contribution in [2.75, 3.05) is 37.0 Å². The Bertz CT molecular complexity index is 397. The molecule has 0 aliphatic carbocycles. The molecule has 0 spiro atoms. The highest BCUT2D eigenvalue weighted by Gasteiger charge is 2.19. The monoisotopic (exact) mass is 280 g/mol. The summed E-state index contributed by atoms with van der Waals surface area (Å²) in [6.07, 6.45) is 3.71. The number of likely N-dealkylation sites (N-methyl/N-ethyl adjacent to an activating group) is 1. The normalized spacial score (nSPS) is 12.2. The van der Waals surface area contributed by atoms with Crippen LogP contribution < -0.4 is 10.2 Å². The molecular weight excluding hydrogens is 252 g/mol. The van der Waals surface area contributed by atoms with Gasteiger partial charge in [-0.2, -0.15) is 0 Å². The van der Waals surface area contributed by atoms with Crippen LogP contribution in [0.3, 0.4) is 0 Å². The molecule has 0 radical (unpaired) electrons. The Morgan fingerprint density at radius 2 is 2.05 bits per heavy atom. The first kappa shape index (κ1) is 16.7. The zero-order valence-corrected chi connectivity index (χ0v) is 13.4. The number of hydrogen-bond donors (Lipinski definition) is 1. The maximum Gasteiger partial charge on any atom is 0.137 e. The lowest BCUT2D eigenvalue weighted by Crippen LogP contribution is -2.37. The first-order valence-electron chi connectivity index (χ1n) is 7.52. The summed E-state index contributed by atoms with van der Waals surface area (Å²) >= 11 is 0. The molecule has 0 aliphatic rings. The predicted molar refractivity (Wildman–Crippen MR) is 84.5 cm³/mol. The minimum absolute atomic E-state index is 0.296. The molecule has 20 heavy (non-hydrogen) atoms. The molecule has 0 bridgehead atoms. The van der Waals surface area contributed by atoms with Crippen LogP contribution in [0.2, 0.25) is 0 Å². The highest BCUT2D eigenvalue weighted by Crippen LogP contribution is 2.26. The molecule has 0 aromatic carbocycles. The lowest BCUT2D eigenvalue weighted by molar-refractivity contribution is 0.181. The predicted octanol–water partition coefficient (Wildman–Crippen LogP) is 2.72. The molecule has 1 N–H and O–H groups in total. The number of rotatable bonds is 9. The largest absolute Gasteiger partial charge is 0.383 e. The zero-order valence-electron chi connectivity index (χ0n) is 13.4. The molecule has 1 unspecified atom stereocenters. The van der Waals surface area contributed by atoms with E-state index in [1.54, 1.807) is 13.4 Å². The topological polar surface area (TPSA) is 50.3 Å². The molecule has 0 saturated heterocycles. The van der Waals surface area contributed by atoms with E-state index in [1.165, 1.54) is 5.56 Å². The quantitative estimate of drug-likeness (QED) is 0.753. The van der Waals surface area contributed by atoms with Crippen molar-refractivity contribution < 1.29 is 4.74 Å². The Morgan fingerprint density at radius 1 is 1.30 bits per heavy atom. The second-order valence-electron chi connectivity index (χ2n) is 4.90. The standard InChI is InChI=1S/C15H28N4O/c1-6-9-13-14(16-7-2)17-11-18-15(13)19(8-3)12(4)10-20-5/h11-12H,6-10H2,1-5H3,(H,16,17,18). The molecule has 114 valence electrons. The van der Waals surface area contributed by atoms with E-state index in [-0.39, 0.29) is 0 Å². The molecule has 1 aromatic heterocycles. The molecule has 0 aliphatic heterocycles. The van der Waals surface area contributed by atoms with Gasteiger partial charge in [0.2, 0.25) is 0 Å². The summed E-state index contributed by atoms with van der Waals surface area (Å²) in [7, 11) is 1.74. The number of methoxy groups -OCH3 is 1. The van der Waals surface area contributed by atoms with E-state index < -0.39 is 0 Å². The Hall–Kier alpha value is -1.36. The van der Waals surface area contributed by atoms with Crippen LogP contribution >= 0.6 is 0 Å². The third-order valence-electron chi connectivity index (χ3n) is 3.32. The summed E-state index contributed by atoms with van der Waals surface area (Å²) in [5.74, 6) is 1.99. The molecule has 5 nitrogen and oxygen atoms in total. The summed E-state index contributed by atoms with van der Waals surface area (Å²) < 4.78 is 5.28. The van der Waals surface area contributed by atoms with Gasteiger partial charge >= 0.3 is 0 Å². The van der Waals surface area contributed by atoms with Crippen molar-refractivity contribution in [3.63, 3.8) is 0 Å². The Morgan fingerprint density at radius 3 is 2.60 bits per heavy atom. The summed E-state index contributed by atoms with van der Waals surface area (Å²) in [6.45, 7) is 11.1. The van der Waals surface area contributed by atoms with Gasteiger partial charge in [0, 0.05) is 25.8 Å². The van der Waals surface area contributed by atoms with Crippen molar-refractivity contribution in [1.29, 1.82) is 0 Å². The lowest BCUT2D eigenvalue weighted by atomic mass is 10.1. The number of nitrogens with one attached hydrogen (secondary N) is 1. The highest BCUT2D eigenvalue weighted by atomic mass is 16.5. The van der Waals surface area contributed by atoms with Crippen LogP contribution in [0.15, 0.2) is 6.33 Å². The molecule has 1 atom stereocenters. The van der Waals surface area contributed by atoms with Crippen LogP contribution in [0, 0.1) is 0 Å². The fraction of sp³-hybridized carbons (Fsp3) is 0.733. The molecule has 1 aromatic rings. The number of hydrogen-bond acceptors (Lipinski definition) is 5. The molecule has 0 fully saturated rings. The fourth-order valence-corrected chi connectivity index (χ4v) is 2.45. The number of anilines is 2. The Balaban J connectivity index is 3.15. The zero-order chi connectivity index (χ0) is 15.0. The van der Waals surface area contributed by atoms with Gasteiger partial charge in [-0.05, 0) is 27.2 Å². The van der Waals surface area contributed by atoms with Gasteiger partial charge in [0.25, 0.3) is 0 Å². The van der Waals surface area contributed by atoms with Gasteiger partial charge in [-0.25, -0.2) is 9.97 Å².